The summed E-state index contributed by atoms with van der Waals surface area (Å²) in [5.74, 6) is -0.0567. The molecule has 0 atom stereocenters. The van der Waals surface area contributed by atoms with Crippen LogP contribution in [0.5, 0.6) is 11.5 Å². The van der Waals surface area contributed by atoms with E-state index in [1.807, 2.05) is 6.92 Å². The largest absolute Gasteiger partial charge is 0.513 e. The first-order chi connectivity index (χ1) is 13.2. The molecule has 0 saturated carbocycles. The summed E-state index contributed by atoms with van der Waals surface area (Å²) >= 11 is 0. The van der Waals surface area contributed by atoms with Crippen LogP contribution >= 0.6 is 0 Å². The number of methoxy groups -OCH3 is 1. The van der Waals surface area contributed by atoms with E-state index in [1.54, 1.807) is 32.0 Å². The van der Waals surface area contributed by atoms with Crippen LogP contribution in [0.15, 0.2) is 30.3 Å². The van der Waals surface area contributed by atoms with Crippen molar-refractivity contribution in [2.75, 3.05) is 7.11 Å². The first-order valence-corrected chi connectivity index (χ1v) is 8.91. The molecule has 2 aromatic rings. The molecule has 0 aliphatic rings. The van der Waals surface area contributed by atoms with Crippen molar-refractivity contribution < 1.29 is 32.2 Å². The first-order valence-electron chi connectivity index (χ1n) is 8.91. The monoisotopic (exact) mass is 396 g/mol. The van der Waals surface area contributed by atoms with E-state index in [-0.39, 0.29) is 18.1 Å². The Morgan fingerprint density at radius 3 is 2.29 bits per heavy atom. The Morgan fingerprint density at radius 1 is 1.04 bits per heavy atom. The highest BCUT2D eigenvalue weighted by Gasteiger charge is 2.35. The molecule has 4 nitrogen and oxygen atoms in total. The molecule has 0 spiro atoms. The molecule has 0 aliphatic carbocycles. The van der Waals surface area contributed by atoms with Crippen LogP contribution in [0, 0.1) is 6.92 Å². The van der Waals surface area contributed by atoms with Crippen LogP contribution in [0.25, 0.3) is 0 Å². The van der Waals surface area contributed by atoms with Gasteiger partial charge in [-0.05, 0) is 54.7 Å². The molecule has 0 fully saturated rings. The smallest absolute Gasteiger partial charge is 0.488 e. The zero-order valence-corrected chi connectivity index (χ0v) is 16.3. The SMILES string of the molecule is CCc1cc(C(F)(F)F)c(OCc2c(CC)cccc2OC(=O)OC)cc1C. The van der Waals surface area contributed by atoms with Gasteiger partial charge >= 0.3 is 12.3 Å². The van der Waals surface area contributed by atoms with Crippen molar-refractivity contribution in [1.29, 1.82) is 0 Å². The molecular weight excluding hydrogens is 373 g/mol. The summed E-state index contributed by atoms with van der Waals surface area (Å²) in [5, 5.41) is 0. The Bertz CT molecular complexity index is 844. The van der Waals surface area contributed by atoms with Gasteiger partial charge in [-0.2, -0.15) is 13.2 Å². The molecule has 0 bridgehead atoms. The van der Waals surface area contributed by atoms with E-state index < -0.39 is 17.9 Å². The number of alkyl halides is 3. The van der Waals surface area contributed by atoms with Crippen molar-refractivity contribution in [1.82, 2.24) is 0 Å². The van der Waals surface area contributed by atoms with Crippen LogP contribution in [0.1, 0.15) is 41.7 Å². The zero-order valence-electron chi connectivity index (χ0n) is 16.3. The Hall–Kier alpha value is -2.70. The second-order valence-corrected chi connectivity index (χ2v) is 6.22. The first kappa shape index (κ1) is 21.6. The van der Waals surface area contributed by atoms with Crippen LogP contribution in [0.4, 0.5) is 18.0 Å². The second-order valence-electron chi connectivity index (χ2n) is 6.22. The molecule has 2 rings (SSSR count). The topological polar surface area (TPSA) is 44.8 Å². The van der Waals surface area contributed by atoms with Gasteiger partial charge in [-0.3, -0.25) is 0 Å². The summed E-state index contributed by atoms with van der Waals surface area (Å²) in [6.45, 7) is 5.26. The summed E-state index contributed by atoms with van der Waals surface area (Å²) in [5.41, 5.74) is 1.82. The summed E-state index contributed by atoms with van der Waals surface area (Å²) in [4.78, 5) is 11.5. The molecule has 0 N–H and O–H groups in total. The Labute approximate surface area is 162 Å². The molecule has 28 heavy (non-hydrogen) atoms. The van der Waals surface area contributed by atoms with Gasteiger partial charge in [0, 0.05) is 5.56 Å². The molecule has 0 unspecified atom stereocenters. The van der Waals surface area contributed by atoms with Crippen molar-refractivity contribution >= 4 is 6.16 Å². The number of hydrogen-bond acceptors (Lipinski definition) is 4. The van der Waals surface area contributed by atoms with Crippen LogP contribution < -0.4 is 9.47 Å². The number of aryl methyl sites for hydroxylation is 3. The lowest BCUT2D eigenvalue weighted by molar-refractivity contribution is -0.139. The molecular formula is C21H23F3O4. The third kappa shape index (κ3) is 4.97. The van der Waals surface area contributed by atoms with Gasteiger partial charge in [-0.25, -0.2) is 4.79 Å². The van der Waals surface area contributed by atoms with Crippen molar-refractivity contribution in [2.45, 2.75) is 46.4 Å². The number of hydrogen-bond donors (Lipinski definition) is 0. The molecule has 0 radical (unpaired) electrons. The molecule has 0 aliphatic heterocycles. The summed E-state index contributed by atoms with van der Waals surface area (Å²) < 4.78 is 55.7. The number of ether oxygens (including phenoxy) is 3. The Kier molecular flexibility index (Phi) is 6.94. The maximum atomic E-state index is 13.5. The quantitative estimate of drug-likeness (QED) is 0.453. The van der Waals surface area contributed by atoms with E-state index in [0.717, 1.165) is 17.2 Å². The normalized spacial score (nSPS) is 11.2. The molecule has 0 amide bonds. The Balaban J connectivity index is 2.41. The van der Waals surface area contributed by atoms with Crippen LogP contribution in [-0.2, 0) is 30.4 Å². The molecule has 0 heterocycles. The fourth-order valence-electron chi connectivity index (χ4n) is 2.93. The average Bonchev–Trinajstić information content (AvgIpc) is 2.65. The van der Waals surface area contributed by atoms with Crippen LogP contribution in [0.2, 0.25) is 0 Å². The number of rotatable bonds is 6. The van der Waals surface area contributed by atoms with Gasteiger partial charge in [-0.15, -0.1) is 0 Å². The third-order valence-corrected chi connectivity index (χ3v) is 4.47. The molecule has 0 aromatic heterocycles. The van der Waals surface area contributed by atoms with Gasteiger partial charge in [0.25, 0.3) is 0 Å². The molecule has 2 aromatic carbocycles. The predicted molar refractivity (Wildman–Crippen MR) is 98.7 cm³/mol. The highest BCUT2D eigenvalue weighted by molar-refractivity contribution is 5.64. The van der Waals surface area contributed by atoms with Gasteiger partial charge in [0.2, 0.25) is 0 Å². The van der Waals surface area contributed by atoms with Gasteiger partial charge in [0.05, 0.1) is 12.7 Å². The fourth-order valence-corrected chi connectivity index (χ4v) is 2.93. The van der Waals surface area contributed by atoms with Gasteiger partial charge in [0.1, 0.15) is 18.1 Å². The van der Waals surface area contributed by atoms with E-state index in [4.69, 9.17) is 9.47 Å². The summed E-state index contributed by atoms with van der Waals surface area (Å²) in [6, 6.07) is 7.57. The third-order valence-electron chi connectivity index (χ3n) is 4.47. The minimum absolute atomic E-state index is 0.176. The predicted octanol–water partition coefficient (Wildman–Crippen LogP) is 5.86. The highest BCUT2D eigenvalue weighted by Crippen LogP contribution is 2.39. The lowest BCUT2D eigenvalue weighted by atomic mass is 10.0. The molecule has 7 heteroatoms. The maximum Gasteiger partial charge on any atom is 0.513 e. The number of carbonyl (C=O) groups excluding carboxylic acids is 1. The summed E-state index contributed by atoms with van der Waals surface area (Å²) in [6.07, 6.45) is -4.36. The molecule has 0 saturated heterocycles. The van der Waals surface area contributed by atoms with E-state index >= 15 is 0 Å². The minimum atomic E-state index is -4.54. The maximum absolute atomic E-state index is 13.5. The average molecular weight is 396 g/mol. The van der Waals surface area contributed by atoms with E-state index in [9.17, 15) is 18.0 Å². The van der Waals surface area contributed by atoms with E-state index in [1.165, 1.54) is 13.2 Å². The van der Waals surface area contributed by atoms with Crippen molar-refractivity contribution in [3.63, 3.8) is 0 Å². The second kappa shape index (κ2) is 8.99. The van der Waals surface area contributed by atoms with Crippen molar-refractivity contribution in [3.8, 4) is 11.5 Å². The van der Waals surface area contributed by atoms with Crippen LogP contribution in [-0.4, -0.2) is 13.3 Å². The number of halogens is 3. The minimum Gasteiger partial charge on any atom is -0.488 e. The summed E-state index contributed by atoms with van der Waals surface area (Å²) in [7, 11) is 1.18. The number of benzene rings is 2. The van der Waals surface area contributed by atoms with Gasteiger partial charge < -0.3 is 14.2 Å². The van der Waals surface area contributed by atoms with Crippen molar-refractivity contribution in [3.05, 3.63) is 58.1 Å². The van der Waals surface area contributed by atoms with Crippen molar-refractivity contribution in [2.24, 2.45) is 0 Å². The van der Waals surface area contributed by atoms with Gasteiger partial charge in [-0.1, -0.05) is 26.0 Å². The van der Waals surface area contributed by atoms with Gasteiger partial charge in [0.15, 0.2) is 0 Å². The molecule has 152 valence electrons. The Morgan fingerprint density at radius 2 is 1.71 bits per heavy atom. The standard InChI is InChI=1S/C21H23F3O4/c1-5-14-8-7-9-18(28-20(25)26-4)16(14)12-27-19-10-13(3)15(6-2)11-17(19)21(22,23)24/h7-11H,5-6,12H2,1-4H3. The number of carbonyl (C=O) groups is 1. The van der Waals surface area contributed by atoms with E-state index in [0.29, 0.717) is 24.0 Å². The zero-order chi connectivity index (χ0) is 20.9. The highest BCUT2D eigenvalue weighted by atomic mass is 19.4. The lowest BCUT2D eigenvalue weighted by Crippen LogP contribution is -2.13. The lowest BCUT2D eigenvalue weighted by Gasteiger charge is -2.19. The van der Waals surface area contributed by atoms with Crippen LogP contribution in [0.3, 0.4) is 0 Å². The van der Waals surface area contributed by atoms with E-state index in [2.05, 4.69) is 4.74 Å². The fraction of sp³-hybridized carbons (Fsp3) is 0.381.